The highest BCUT2D eigenvalue weighted by Gasteiger charge is 2.26. The van der Waals surface area contributed by atoms with E-state index >= 15 is 0 Å². The van der Waals surface area contributed by atoms with Gasteiger partial charge in [0, 0.05) is 27.7 Å². The lowest BCUT2D eigenvalue weighted by Crippen LogP contribution is -2.37. The van der Waals surface area contributed by atoms with Crippen LogP contribution < -0.4 is 4.90 Å². The van der Waals surface area contributed by atoms with Gasteiger partial charge in [-0.3, -0.25) is 0 Å². The quantitative estimate of drug-likeness (QED) is 0.386. The number of hydrogen-bond acceptors (Lipinski definition) is 1. The van der Waals surface area contributed by atoms with Crippen molar-refractivity contribution in [3.05, 3.63) is 84.9 Å². The van der Waals surface area contributed by atoms with E-state index in [1.54, 1.807) is 0 Å². The van der Waals surface area contributed by atoms with Crippen molar-refractivity contribution in [2.24, 2.45) is 0 Å². The molecule has 0 atom stereocenters. The summed E-state index contributed by atoms with van der Waals surface area (Å²) in [4.78, 5) is 2.47. The van der Waals surface area contributed by atoms with E-state index in [-0.39, 0.29) is 5.54 Å². The Balaban J connectivity index is 2.05. The maximum Gasteiger partial charge on any atom is 0.0495 e. The number of fused-ring (bicyclic) bond motifs is 2. The van der Waals surface area contributed by atoms with E-state index in [0.29, 0.717) is 0 Å². The van der Waals surface area contributed by atoms with Crippen molar-refractivity contribution in [2.75, 3.05) is 4.90 Å². The van der Waals surface area contributed by atoms with E-state index < -0.39 is 0 Å². The summed E-state index contributed by atoms with van der Waals surface area (Å²) in [6.45, 7) is 6.82. The van der Waals surface area contributed by atoms with E-state index in [1.165, 1.54) is 32.9 Å². The first-order valence-electron chi connectivity index (χ1n) is 8.81. The molecule has 4 rings (SSSR count). The minimum atomic E-state index is -0.0474. The van der Waals surface area contributed by atoms with Crippen molar-refractivity contribution in [2.45, 2.75) is 26.3 Å². The van der Waals surface area contributed by atoms with Gasteiger partial charge in [-0.15, -0.1) is 0 Å². The standard InChI is InChI=1S/C24H23N/c1-24(2,3)25(22-16-8-12-18-10-4-6-14-20(18)22)23-17-9-13-19-11-5-7-15-21(19)23/h4-17H,1-3H3. The van der Waals surface area contributed by atoms with Gasteiger partial charge in [0.25, 0.3) is 0 Å². The van der Waals surface area contributed by atoms with Crippen LogP contribution in [0.15, 0.2) is 84.9 Å². The lowest BCUT2D eigenvalue weighted by molar-refractivity contribution is 0.563. The Kier molecular flexibility index (Phi) is 3.73. The monoisotopic (exact) mass is 325 g/mol. The van der Waals surface area contributed by atoms with Gasteiger partial charge in [0.05, 0.1) is 0 Å². The Hall–Kier alpha value is -2.80. The van der Waals surface area contributed by atoms with E-state index in [4.69, 9.17) is 0 Å². The minimum absolute atomic E-state index is 0.0474. The highest BCUT2D eigenvalue weighted by molar-refractivity contribution is 6.02. The molecule has 0 bridgehead atoms. The molecule has 124 valence electrons. The van der Waals surface area contributed by atoms with Crippen LogP contribution in [0.1, 0.15) is 20.8 Å². The van der Waals surface area contributed by atoms with Crippen LogP contribution >= 0.6 is 0 Å². The third kappa shape index (κ3) is 2.76. The zero-order chi connectivity index (χ0) is 17.4. The number of nitrogens with zero attached hydrogens (tertiary/aromatic N) is 1. The molecule has 0 radical (unpaired) electrons. The van der Waals surface area contributed by atoms with Gasteiger partial charge >= 0.3 is 0 Å². The van der Waals surface area contributed by atoms with Gasteiger partial charge in [-0.25, -0.2) is 0 Å². The second-order valence-corrected chi connectivity index (χ2v) is 7.50. The number of anilines is 2. The molecule has 0 amide bonds. The van der Waals surface area contributed by atoms with Crippen LogP contribution in [-0.2, 0) is 0 Å². The summed E-state index contributed by atoms with van der Waals surface area (Å²) >= 11 is 0. The van der Waals surface area contributed by atoms with Gasteiger partial charge in [0.15, 0.2) is 0 Å². The molecule has 0 aromatic heterocycles. The molecule has 0 aliphatic carbocycles. The lowest BCUT2D eigenvalue weighted by atomic mass is 9.98. The number of benzene rings is 4. The predicted molar refractivity (Wildman–Crippen MR) is 110 cm³/mol. The largest absolute Gasteiger partial charge is 0.335 e. The van der Waals surface area contributed by atoms with Crippen molar-refractivity contribution < 1.29 is 0 Å². The summed E-state index contributed by atoms with van der Waals surface area (Å²) < 4.78 is 0. The van der Waals surface area contributed by atoms with E-state index in [1.807, 2.05) is 0 Å². The van der Waals surface area contributed by atoms with Crippen LogP contribution in [0.4, 0.5) is 11.4 Å². The van der Waals surface area contributed by atoms with Crippen molar-refractivity contribution in [3.63, 3.8) is 0 Å². The summed E-state index contributed by atoms with van der Waals surface area (Å²) in [5.41, 5.74) is 2.46. The maximum absolute atomic E-state index is 2.47. The number of rotatable bonds is 2. The van der Waals surface area contributed by atoms with Gasteiger partial charge in [0.1, 0.15) is 0 Å². The third-order valence-corrected chi connectivity index (χ3v) is 4.69. The maximum atomic E-state index is 2.47. The van der Waals surface area contributed by atoms with Crippen molar-refractivity contribution in [1.82, 2.24) is 0 Å². The average molecular weight is 325 g/mol. The molecule has 0 unspecified atom stereocenters. The van der Waals surface area contributed by atoms with E-state index in [9.17, 15) is 0 Å². The molecular weight excluding hydrogens is 302 g/mol. The average Bonchev–Trinajstić information content (AvgIpc) is 2.61. The lowest BCUT2D eigenvalue weighted by Gasteiger charge is -2.39. The molecular formula is C24H23N. The van der Waals surface area contributed by atoms with E-state index in [2.05, 4.69) is 111 Å². The van der Waals surface area contributed by atoms with Crippen LogP contribution in [0.25, 0.3) is 21.5 Å². The fourth-order valence-corrected chi connectivity index (χ4v) is 3.66. The third-order valence-electron chi connectivity index (χ3n) is 4.69. The van der Waals surface area contributed by atoms with Crippen LogP contribution in [0.5, 0.6) is 0 Å². The van der Waals surface area contributed by atoms with E-state index in [0.717, 1.165) is 0 Å². The molecule has 0 fully saturated rings. The smallest absolute Gasteiger partial charge is 0.0495 e. The first kappa shape index (κ1) is 15.7. The van der Waals surface area contributed by atoms with Crippen molar-refractivity contribution in [3.8, 4) is 0 Å². The molecule has 1 nitrogen and oxygen atoms in total. The molecule has 0 saturated heterocycles. The van der Waals surface area contributed by atoms with Gasteiger partial charge in [-0.1, -0.05) is 72.8 Å². The Labute approximate surface area is 149 Å². The molecule has 4 aromatic rings. The van der Waals surface area contributed by atoms with Crippen molar-refractivity contribution >= 4 is 32.9 Å². The molecule has 1 heteroatoms. The molecule has 0 aliphatic rings. The SMILES string of the molecule is CC(C)(C)N(c1cccc2ccccc12)c1cccc2ccccc12. The van der Waals surface area contributed by atoms with Gasteiger partial charge in [0.2, 0.25) is 0 Å². The highest BCUT2D eigenvalue weighted by atomic mass is 15.2. The predicted octanol–water partition coefficient (Wildman–Crippen LogP) is 6.93. The fourth-order valence-electron chi connectivity index (χ4n) is 3.66. The summed E-state index contributed by atoms with van der Waals surface area (Å²) in [6, 6.07) is 30.4. The fraction of sp³-hybridized carbons (Fsp3) is 0.167. The van der Waals surface area contributed by atoms with Crippen LogP contribution in [0, 0.1) is 0 Å². The second-order valence-electron chi connectivity index (χ2n) is 7.50. The highest BCUT2D eigenvalue weighted by Crippen LogP contribution is 2.40. The first-order valence-corrected chi connectivity index (χ1v) is 8.81. The minimum Gasteiger partial charge on any atom is -0.335 e. The van der Waals surface area contributed by atoms with Crippen LogP contribution in [-0.4, -0.2) is 5.54 Å². The molecule has 0 aliphatic heterocycles. The molecule has 4 aromatic carbocycles. The van der Waals surface area contributed by atoms with Gasteiger partial charge < -0.3 is 4.90 Å². The molecule has 0 N–H and O–H groups in total. The normalized spacial score (nSPS) is 11.8. The van der Waals surface area contributed by atoms with Crippen LogP contribution in [0.3, 0.4) is 0 Å². The summed E-state index contributed by atoms with van der Waals surface area (Å²) in [5.74, 6) is 0. The van der Waals surface area contributed by atoms with Crippen molar-refractivity contribution in [1.29, 1.82) is 0 Å². The second kappa shape index (κ2) is 5.93. The molecule has 0 heterocycles. The molecule has 0 saturated carbocycles. The summed E-state index contributed by atoms with van der Waals surface area (Å²) in [5, 5.41) is 5.12. The number of hydrogen-bond donors (Lipinski definition) is 0. The zero-order valence-electron chi connectivity index (χ0n) is 15.0. The Bertz CT molecular complexity index is 951. The topological polar surface area (TPSA) is 3.24 Å². The summed E-state index contributed by atoms with van der Waals surface area (Å²) in [7, 11) is 0. The molecule has 0 spiro atoms. The Morgan fingerprint density at radius 3 is 1.36 bits per heavy atom. The molecule has 25 heavy (non-hydrogen) atoms. The Morgan fingerprint density at radius 2 is 0.920 bits per heavy atom. The Morgan fingerprint density at radius 1 is 0.520 bits per heavy atom. The van der Waals surface area contributed by atoms with Gasteiger partial charge in [-0.05, 0) is 43.7 Å². The van der Waals surface area contributed by atoms with Gasteiger partial charge in [-0.2, -0.15) is 0 Å². The van der Waals surface area contributed by atoms with Crippen LogP contribution in [0.2, 0.25) is 0 Å². The first-order chi connectivity index (χ1) is 12.1. The zero-order valence-corrected chi connectivity index (χ0v) is 15.0. The summed E-state index contributed by atoms with van der Waals surface area (Å²) in [6.07, 6.45) is 0.